The molecule has 4 aliphatic rings. The van der Waals surface area contributed by atoms with E-state index in [0.717, 1.165) is 30.0 Å². The Balaban J connectivity index is 1.40. The molecular weight excluding hydrogens is 348 g/mol. The number of amides is 1. The van der Waals surface area contributed by atoms with Crippen LogP contribution in [-0.2, 0) is 4.79 Å². The number of hydrazone groups is 1. The van der Waals surface area contributed by atoms with Crippen molar-refractivity contribution in [3.63, 3.8) is 0 Å². The minimum Gasteiger partial charge on any atom is -0.507 e. The van der Waals surface area contributed by atoms with Crippen LogP contribution in [0.15, 0.2) is 41.5 Å². The average Bonchev–Trinajstić information content (AvgIpc) is 2.60. The summed E-state index contributed by atoms with van der Waals surface area (Å²) in [6.45, 7) is 4.74. The van der Waals surface area contributed by atoms with Gasteiger partial charge in [0.2, 0.25) is 5.91 Å². The molecule has 4 bridgehead atoms. The standard InChI is InChI=1S/C24H28N2O2/c1-22-9-16-10-23(2,13-22)15-24(11-16,14-22)21(28)26-25-12-19-18-6-4-3-5-17(18)7-8-20(19)27/h3-8,12,16,27H,9-11,13-15H2,1-2H3,(H,26,28)/b25-12+/t16?,22-,23+,24?. The van der Waals surface area contributed by atoms with E-state index in [4.69, 9.17) is 0 Å². The van der Waals surface area contributed by atoms with Crippen LogP contribution in [0.25, 0.3) is 10.8 Å². The van der Waals surface area contributed by atoms with Gasteiger partial charge in [-0.3, -0.25) is 4.79 Å². The van der Waals surface area contributed by atoms with Crippen LogP contribution in [0.1, 0.15) is 57.9 Å². The predicted molar refractivity (Wildman–Crippen MR) is 111 cm³/mol. The first-order chi connectivity index (χ1) is 13.3. The minimum atomic E-state index is -0.277. The maximum atomic E-state index is 13.2. The van der Waals surface area contributed by atoms with Gasteiger partial charge in [-0.15, -0.1) is 0 Å². The van der Waals surface area contributed by atoms with Gasteiger partial charge in [0.05, 0.1) is 11.6 Å². The molecule has 4 saturated carbocycles. The molecule has 4 nitrogen and oxygen atoms in total. The summed E-state index contributed by atoms with van der Waals surface area (Å²) in [6.07, 6.45) is 8.33. The summed E-state index contributed by atoms with van der Waals surface area (Å²) < 4.78 is 0. The van der Waals surface area contributed by atoms with Crippen LogP contribution in [-0.4, -0.2) is 17.2 Å². The Morgan fingerprint density at radius 3 is 2.50 bits per heavy atom. The van der Waals surface area contributed by atoms with Gasteiger partial charge in [-0.2, -0.15) is 5.10 Å². The van der Waals surface area contributed by atoms with E-state index in [0.29, 0.717) is 22.3 Å². The molecule has 1 amide bonds. The van der Waals surface area contributed by atoms with Crippen LogP contribution in [0.2, 0.25) is 0 Å². The fraction of sp³-hybridized carbons (Fsp3) is 0.500. The van der Waals surface area contributed by atoms with E-state index in [9.17, 15) is 9.90 Å². The number of nitrogens with zero attached hydrogens (tertiary/aromatic N) is 1. The van der Waals surface area contributed by atoms with Crippen molar-refractivity contribution in [3.8, 4) is 5.75 Å². The molecule has 4 aliphatic carbocycles. The number of benzene rings is 2. The van der Waals surface area contributed by atoms with E-state index in [1.807, 2.05) is 30.3 Å². The van der Waals surface area contributed by atoms with E-state index in [-0.39, 0.29) is 17.1 Å². The molecule has 28 heavy (non-hydrogen) atoms. The Labute approximate surface area is 166 Å². The molecule has 0 heterocycles. The molecule has 4 fully saturated rings. The molecule has 146 valence electrons. The number of rotatable bonds is 3. The maximum absolute atomic E-state index is 13.2. The first-order valence-corrected chi connectivity index (χ1v) is 10.3. The number of nitrogens with one attached hydrogen (secondary N) is 1. The lowest BCUT2D eigenvalue weighted by atomic mass is 9.40. The highest BCUT2D eigenvalue weighted by Gasteiger charge is 2.62. The number of fused-ring (bicyclic) bond motifs is 1. The molecular formula is C24H28N2O2. The van der Waals surface area contributed by atoms with Gasteiger partial charge >= 0.3 is 0 Å². The Kier molecular flexibility index (Phi) is 3.68. The van der Waals surface area contributed by atoms with Crippen LogP contribution in [0.4, 0.5) is 0 Å². The molecule has 0 aliphatic heterocycles. The molecule has 4 atom stereocenters. The monoisotopic (exact) mass is 376 g/mol. The van der Waals surface area contributed by atoms with Crippen LogP contribution in [0.3, 0.4) is 0 Å². The smallest absolute Gasteiger partial charge is 0.246 e. The van der Waals surface area contributed by atoms with Crippen LogP contribution in [0, 0.1) is 22.2 Å². The fourth-order valence-electron chi connectivity index (χ4n) is 7.39. The van der Waals surface area contributed by atoms with Gasteiger partial charge in [-0.1, -0.05) is 44.2 Å². The highest BCUT2D eigenvalue weighted by Crippen LogP contribution is 2.69. The zero-order valence-electron chi connectivity index (χ0n) is 16.7. The Morgan fingerprint density at radius 2 is 1.79 bits per heavy atom. The lowest BCUT2D eigenvalue weighted by Crippen LogP contribution is -2.59. The SMILES string of the molecule is C[C@]12CC3CC(C(=O)N/N=C/c4c(O)ccc5ccccc45)(C1)C[C@@](C)(C3)C2. The van der Waals surface area contributed by atoms with E-state index in [1.54, 1.807) is 12.3 Å². The summed E-state index contributed by atoms with van der Waals surface area (Å²) in [4.78, 5) is 13.2. The highest BCUT2D eigenvalue weighted by atomic mass is 16.3. The normalized spacial score (nSPS) is 36.3. The van der Waals surface area contributed by atoms with E-state index in [2.05, 4.69) is 24.4 Å². The quantitative estimate of drug-likeness (QED) is 0.585. The first-order valence-electron chi connectivity index (χ1n) is 10.3. The number of aromatic hydroxyl groups is 1. The van der Waals surface area contributed by atoms with Crippen molar-refractivity contribution in [1.82, 2.24) is 5.43 Å². The van der Waals surface area contributed by atoms with Crippen LogP contribution >= 0.6 is 0 Å². The van der Waals surface area contributed by atoms with Gasteiger partial charge in [0.15, 0.2) is 0 Å². The van der Waals surface area contributed by atoms with Crippen LogP contribution in [0.5, 0.6) is 5.75 Å². The van der Waals surface area contributed by atoms with E-state index < -0.39 is 0 Å². The molecule has 2 N–H and O–H groups in total. The maximum Gasteiger partial charge on any atom is 0.246 e. The summed E-state index contributed by atoms with van der Waals surface area (Å²) in [5.41, 5.74) is 3.79. The fourth-order valence-corrected chi connectivity index (χ4v) is 7.39. The van der Waals surface area contributed by atoms with Gasteiger partial charge < -0.3 is 5.11 Å². The van der Waals surface area contributed by atoms with Crippen molar-refractivity contribution in [2.24, 2.45) is 27.3 Å². The van der Waals surface area contributed by atoms with Crippen molar-refractivity contribution in [2.45, 2.75) is 52.4 Å². The number of hydrogen-bond acceptors (Lipinski definition) is 3. The number of carbonyl (C=O) groups excluding carboxylic acids is 1. The van der Waals surface area contributed by atoms with Gasteiger partial charge in [0.25, 0.3) is 0 Å². The number of phenols is 1. The highest BCUT2D eigenvalue weighted by molar-refractivity contribution is 6.02. The summed E-state index contributed by atoms with van der Waals surface area (Å²) in [6, 6.07) is 11.4. The molecule has 2 aromatic carbocycles. The lowest BCUT2D eigenvalue weighted by molar-refractivity contribution is -0.170. The summed E-state index contributed by atoms with van der Waals surface area (Å²) in [5, 5.41) is 16.5. The molecule has 0 saturated heterocycles. The lowest BCUT2D eigenvalue weighted by Gasteiger charge is -2.64. The Hall–Kier alpha value is -2.36. The Morgan fingerprint density at radius 1 is 1.07 bits per heavy atom. The summed E-state index contributed by atoms with van der Waals surface area (Å²) >= 11 is 0. The molecule has 2 unspecified atom stereocenters. The second-order valence-corrected chi connectivity index (χ2v) is 10.3. The topological polar surface area (TPSA) is 61.7 Å². The Bertz CT molecular complexity index is 977. The second-order valence-electron chi connectivity index (χ2n) is 10.3. The summed E-state index contributed by atoms with van der Waals surface area (Å²) in [7, 11) is 0. The van der Waals surface area contributed by atoms with Gasteiger partial charge in [-0.25, -0.2) is 5.43 Å². The molecule has 4 heteroatoms. The van der Waals surface area contributed by atoms with Crippen molar-refractivity contribution >= 4 is 22.9 Å². The minimum absolute atomic E-state index is 0.0602. The zero-order chi connectivity index (χ0) is 19.6. The van der Waals surface area contributed by atoms with Gasteiger partial charge in [0.1, 0.15) is 5.75 Å². The van der Waals surface area contributed by atoms with Crippen molar-refractivity contribution in [2.75, 3.05) is 0 Å². The second kappa shape index (κ2) is 5.82. The molecule has 2 aromatic rings. The predicted octanol–water partition coefficient (Wildman–Crippen LogP) is 4.99. The molecule has 6 rings (SSSR count). The largest absolute Gasteiger partial charge is 0.507 e. The molecule has 0 aromatic heterocycles. The number of phenolic OH excluding ortho intramolecular Hbond substituents is 1. The van der Waals surface area contributed by atoms with Crippen molar-refractivity contribution < 1.29 is 9.90 Å². The van der Waals surface area contributed by atoms with Crippen LogP contribution < -0.4 is 5.43 Å². The van der Waals surface area contributed by atoms with Gasteiger partial charge in [-0.05, 0) is 72.1 Å². The third-order valence-electron chi connectivity index (χ3n) is 7.42. The van der Waals surface area contributed by atoms with Crippen molar-refractivity contribution in [1.29, 1.82) is 0 Å². The number of hydrogen-bond donors (Lipinski definition) is 2. The number of carbonyl (C=O) groups is 1. The van der Waals surface area contributed by atoms with Crippen molar-refractivity contribution in [3.05, 3.63) is 42.0 Å². The third-order valence-corrected chi connectivity index (χ3v) is 7.42. The first kappa shape index (κ1) is 17.7. The average molecular weight is 377 g/mol. The zero-order valence-corrected chi connectivity index (χ0v) is 16.7. The van der Waals surface area contributed by atoms with E-state index in [1.165, 1.54) is 19.3 Å². The third kappa shape index (κ3) is 2.73. The van der Waals surface area contributed by atoms with E-state index >= 15 is 0 Å². The molecule has 0 radical (unpaired) electrons. The molecule has 0 spiro atoms. The summed E-state index contributed by atoms with van der Waals surface area (Å²) in [5.74, 6) is 0.902. The van der Waals surface area contributed by atoms with Gasteiger partial charge in [0, 0.05) is 5.56 Å².